The number of nitrogens with one attached hydrogen (secondary N) is 1. The molecule has 2 rings (SSSR count). The van der Waals surface area contributed by atoms with E-state index in [1.54, 1.807) is 11.3 Å². The smallest absolute Gasteiger partial charge is 0.229 e. The maximum Gasteiger partial charge on any atom is 0.229 e. The van der Waals surface area contributed by atoms with Crippen LogP contribution in [0.4, 0.5) is 0 Å². The van der Waals surface area contributed by atoms with Crippen LogP contribution in [0.3, 0.4) is 0 Å². The molecule has 0 radical (unpaired) electrons. The highest BCUT2D eigenvalue weighted by molar-refractivity contribution is 7.09. The molecular formula is C13H16N2O3S. The van der Waals surface area contributed by atoms with E-state index < -0.39 is 0 Å². The van der Waals surface area contributed by atoms with E-state index in [0.717, 1.165) is 6.42 Å². The number of hydrogen-bond acceptors (Lipinski definition) is 4. The molecule has 19 heavy (non-hydrogen) atoms. The second kappa shape index (κ2) is 6.47. The van der Waals surface area contributed by atoms with Gasteiger partial charge >= 0.3 is 0 Å². The molecule has 0 bridgehead atoms. The van der Waals surface area contributed by atoms with E-state index in [1.165, 1.54) is 9.78 Å². The molecule has 0 unspecified atom stereocenters. The number of nitrogens with zero attached hydrogens (tertiary/aromatic N) is 1. The Balaban J connectivity index is 1.64. The Morgan fingerprint density at radius 3 is 2.68 bits per heavy atom. The topological polar surface area (TPSA) is 66.5 Å². The zero-order valence-corrected chi connectivity index (χ0v) is 11.4. The highest BCUT2D eigenvalue weighted by Gasteiger charge is 2.28. The molecule has 1 aromatic rings. The Kier molecular flexibility index (Phi) is 4.68. The third-order valence-corrected chi connectivity index (χ3v) is 3.93. The number of rotatable bonds is 6. The van der Waals surface area contributed by atoms with Gasteiger partial charge in [-0.25, -0.2) is 0 Å². The summed E-state index contributed by atoms with van der Waals surface area (Å²) in [4.78, 5) is 36.7. The normalized spacial score (nSPS) is 15.1. The first-order valence-electron chi connectivity index (χ1n) is 6.29. The van der Waals surface area contributed by atoms with Crippen molar-refractivity contribution in [2.24, 2.45) is 0 Å². The van der Waals surface area contributed by atoms with Crippen LogP contribution in [-0.4, -0.2) is 35.7 Å². The lowest BCUT2D eigenvalue weighted by atomic mass is 10.3. The fourth-order valence-corrected chi connectivity index (χ4v) is 2.66. The summed E-state index contributed by atoms with van der Waals surface area (Å²) >= 11 is 1.66. The molecule has 1 aliphatic rings. The highest BCUT2D eigenvalue weighted by atomic mass is 32.1. The third kappa shape index (κ3) is 3.89. The summed E-state index contributed by atoms with van der Waals surface area (Å²) in [5, 5.41) is 4.79. The summed E-state index contributed by atoms with van der Waals surface area (Å²) in [5.41, 5.74) is 0. The molecule has 6 heteroatoms. The van der Waals surface area contributed by atoms with Gasteiger partial charge in [-0.2, -0.15) is 0 Å². The average molecular weight is 280 g/mol. The number of thiophene rings is 1. The fourth-order valence-electron chi connectivity index (χ4n) is 1.95. The minimum absolute atomic E-state index is 0.121. The maximum absolute atomic E-state index is 11.6. The Labute approximate surface area is 115 Å². The molecule has 1 fully saturated rings. The average Bonchev–Trinajstić information content (AvgIpc) is 2.99. The van der Waals surface area contributed by atoms with Crippen molar-refractivity contribution >= 4 is 29.1 Å². The highest BCUT2D eigenvalue weighted by Crippen LogP contribution is 2.11. The SMILES string of the molecule is O=C(CCN1C(=O)CCC1=O)NCCc1cccs1. The van der Waals surface area contributed by atoms with Crippen molar-refractivity contribution in [3.63, 3.8) is 0 Å². The van der Waals surface area contributed by atoms with Crippen LogP contribution < -0.4 is 5.32 Å². The van der Waals surface area contributed by atoms with E-state index in [0.29, 0.717) is 6.54 Å². The number of likely N-dealkylation sites (tertiary alicyclic amines) is 1. The van der Waals surface area contributed by atoms with Crippen LogP contribution in [-0.2, 0) is 20.8 Å². The molecule has 0 atom stereocenters. The first-order chi connectivity index (χ1) is 9.16. The summed E-state index contributed by atoms with van der Waals surface area (Å²) in [6.45, 7) is 0.781. The van der Waals surface area contributed by atoms with E-state index in [4.69, 9.17) is 0 Å². The van der Waals surface area contributed by atoms with Gasteiger partial charge in [-0.1, -0.05) is 6.07 Å². The first-order valence-corrected chi connectivity index (χ1v) is 7.17. The largest absolute Gasteiger partial charge is 0.356 e. The molecule has 2 heterocycles. The van der Waals surface area contributed by atoms with E-state index >= 15 is 0 Å². The Hall–Kier alpha value is -1.69. The number of carbonyl (C=O) groups is 3. The molecule has 0 spiro atoms. The van der Waals surface area contributed by atoms with Gasteiger partial charge in [0.1, 0.15) is 0 Å². The van der Waals surface area contributed by atoms with Crippen molar-refractivity contribution in [2.75, 3.05) is 13.1 Å². The number of hydrogen-bond donors (Lipinski definition) is 1. The Morgan fingerprint density at radius 1 is 1.32 bits per heavy atom. The van der Waals surface area contributed by atoms with Crippen molar-refractivity contribution in [2.45, 2.75) is 25.7 Å². The molecule has 0 aliphatic carbocycles. The van der Waals surface area contributed by atoms with Crippen LogP contribution in [0, 0.1) is 0 Å². The van der Waals surface area contributed by atoms with Gasteiger partial charge in [0.25, 0.3) is 0 Å². The maximum atomic E-state index is 11.6. The van der Waals surface area contributed by atoms with E-state index in [1.807, 2.05) is 17.5 Å². The minimum atomic E-state index is -0.170. The van der Waals surface area contributed by atoms with Crippen molar-refractivity contribution < 1.29 is 14.4 Å². The number of carbonyl (C=O) groups excluding carboxylic acids is 3. The Morgan fingerprint density at radius 2 is 2.05 bits per heavy atom. The quantitative estimate of drug-likeness (QED) is 0.789. The van der Waals surface area contributed by atoms with Gasteiger partial charge in [-0.3, -0.25) is 19.3 Å². The third-order valence-electron chi connectivity index (χ3n) is 2.99. The van der Waals surface area contributed by atoms with Crippen LogP contribution >= 0.6 is 11.3 Å². The molecule has 1 saturated heterocycles. The zero-order valence-electron chi connectivity index (χ0n) is 10.6. The monoisotopic (exact) mass is 280 g/mol. The predicted octanol–water partition coefficient (Wildman–Crippen LogP) is 0.946. The lowest BCUT2D eigenvalue weighted by Crippen LogP contribution is -2.34. The van der Waals surface area contributed by atoms with E-state index in [2.05, 4.69) is 5.32 Å². The molecule has 0 aromatic carbocycles. The zero-order chi connectivity index (χ0) is 13.7. The summed E-state index contributed by atoms with van der Waals surface area (Å²) in [6.07, 6.45) is 1.55. The van der Waals surface area contributed by atoms with Crippen LogP contribution in [0.5, 0.6) is 0 Å². The van der Waals surface area contributed by atoms with Crippen molar-refractivity contribution in [3.05, 3.63) is 22.4 Å². The van der Waals surface area contributed by atoms with Gasteiger partial charge in [-0.15, -0.1) is 11.3 Å². The van der Waals surface area contributed by atoms with Crippen molar-refractivity contribution in [1.29, 1.82) is 0 Å². The molecule has 1 N–H and O–H groups in total. The Bertz CT molecular complexity index is 454. The van der Waals surface area contributed by atoms with Crippen LogP contribution in [0.2, 0.25) is 0 Å². The predicted molar refractivity (Wildman–Crippen MR) is 71.6 cm³/mol. The summed E-state index contributed by atoms with van der Waals surface area (Å²) in [7, 11) is 0. The van der Waals surface area contributed by atoms with E-state index in [9.17, 15) is 14.4 Å². The van der Waals surface area contributed by atoms with Gasteiger partial charge in [0, 0.05) is 37.2 Å². The molecule has 5 nitrogen and oxygen atoms in total. The van der Waals surface area contributed by atoms with Crippen LogP contribution in [0.1, 0.15) is 24.1 Å². The van der Waals surface area contributed by atoms with E-state index in [-0.39, 0.29) is 43.5 Å². The van der Waals surface area contributed by atoms with Gasteiger partial charge in [0.05, 0.1) is 0 Å². The number of imide groups is 1. The molecule has 0 saturated carbocycles. The standard InChI is InChI=1S/C13H16N2O3S/c16-11(14-7-5-10-2-1-9-19-10)6-8-15-12(17)3-4-13(15)18/h1-2,9H,3-8H2,(H,14,16). The minimum Gasteiger partial charge on any atom is -0.356 e. The fraction of sp³-hybridized carbons (Fsp3) is 0.462. The summed E-state index contributed by atoms with van der Waals surface area (Å²) in [5.74, 6) is -0.461. The molecular weight excluding hydrogens is 264 g/mol. The molecule has 1 aromatic heterocycles. The first kappa shape index (κ1) is 13.7. The van der Waals surface area contributed by atoms with Gasteiger partial charge in [0.15, 0.2) is 0 Å². The van der Waals surface area contributed by atoms with Gasteiger partial charge in [-0.05, 0) is 17.9 Å². The summed E-state index contributed by atoms with van der Waals surface area (Å²) < 4.78 is 0. The lowest BCUT2D eigenvalue weighted by molar-refractivity contribution is -0.138. The van der Waals surface area contributed by atoms with Crippen molar-refractivity contribution in [3.8, 4) is 0 Å². The second-order valence-corrected chi connectivity index (χ2v) is 5.40. The van der Waals surface area contributed by atoms with Gasteiger partial charge in [0.2, 0.25) is 17.7 Å². The van der Waals surface area contributed by atoms with Crippen LogP contribution in [0.15, 0.2) is 17.5 Å². The number of amides is 3. The molecule has 3 amide bonds. The van der Waals surface area contributed by atoms with Gasteiger partial charge < -0.3 is 5.32 Å². The lowest BCUT2D eigenvalue weighted by Gasteiger charge is -2.13. The van der Waals surface area contributed by atoms with Crippen molar-refractivity contribution in [1.82, 2.24) is 10.2 Å². The molecule has 102 valence electrons. The molecule has 1 aliphatic heterocycles. The van der Waals surface area contributed by atoms with Crippen LogP contribution in [0.25, 0.3) is 0 Å². The summed E-state index contributed by atoms with van der Waals surface area (Å²) in [6, 6.07) is 4.00. The second-order valence-electron chi connectivity index (χ2n) is 4.37.